The van der Waals surface area contributed by atoms with Gasteiger partial charge in [0.2, 0.25) is 11.9 Å². The maximum atomic E-state index is 13.3. The molecule has 4 rings (SSSR count). The van der Waals surface area contributed by atoms with Gasteiger partial charge in [0.15, 0.2) is 11.5 Å². The van der Waals surface area contributed by atoms with E-state index in [1.165, 1.54) is 12.5 Å². The predicted molar refractivity (Wildman–Crippen MR) is 100 cm³/mol. The summed E-state index contributed by atoms with van der Waals surface area (Å²) in [6.45, 7) is 0. The molecule has 0 atom stereocenters. The highest BCUT2D eigenvalue weighted by Gasteiger charge is 2.34. The van der Waals surface area contributed by atoms with E-state index in [0.29, 0.717) is 22.0 Å². The summed E-state index contributed by atoms with van der Waals surface area (Å²) in [7, 11) is 0. The van der Waals surface area contributed by atoms with Gasteiger partial charge in [0.25, 0.3) is 0 Å². The fraction of sp³-hybridized carbons (Fsp3) is 0.0526. The van der Waals surface area contributed by atoms with Gasteiger partial charge in [0, 0.05) is 16.8 Å². The summed E-state index contributed by atoms with van der Waals surface area (Å²) in [4.78, 5) is 16.0. The van der Waals surface area contributed by atoms with Gasteiger partial charge in [-0.2, -0.15) is 13.2 Å². The summed E-state index contributed by atoms with van der Waals surface area (Å²) >= 11 is 5.85. The van der Waals surface area contributed by atoms with Gasteiger partial charge < -0.3 is 4.42 Å². The molecule has 4 aromatic rings. The summed E-state index contributed by atoms with van der Waals surface area (Å²) in [5.41, 5.74) is -0.108. The molecular weight excluding hydrogens is 407 g/mol. The maximum Gasteiger partial charge on any atom is 0.433 e. The first-order valence-corrected chi connectivity index (χ1v) is 8.62. The highest BCUT2D eigenvalue weighted by molar-refractivity contribution is 6.30. The molecule has 0 spiro atoms. The second kappa shape index (κ2) is 7.51. The lowest BCUT2D eigenvalue weighted by atomic mass is 10.1. The lowest BCUT2D eigenvalue weighted by Crippen LogP contribution is -2.12. The molecule has 0 aliphatic rings. The van der Waals surface area contributed by atoms with Crippen molar-refractivity contribution >= 4 is 23.5 Å². The number of aromatic nitrogens is 4. The summed E-state index contributed by atoms with van der Waals surface area (Å²) < 4.78 is 45.3. The molecule has 0 saturated heterocycles. The van der Waals surface area contributed by atoms with Crippen LogP contribution in [0.1, 0.15) is 5.69 Å². The molecule has 0 bridgehead atoms. The van der Waals surface area contributed by atoms with Crippen molar-refractivity contribution in [3.05, 3.63) is 71.7 Å². The van der Waals surface area contributed by atoms with Crippen molar-refractivity contribution in [3.8, 4) is 22.7 Å². The summed E-state index contributed by atoms with van der Waals surface area (Å²) in [6.07, 6.45) is -1.73. The fourth-order valence-corrected chi connectivity index (χ4v) is 2.62. The highest BCUT2D eigenvalue weighted by Crippen LogP contribution is 2.32. The second-order valence-corrected chi connectivity index (χ2v) is 6.27. The first-order valence-electron chi connectivity index (χ1n) is 8.25. The monoisotopic (exact) mass is 417 g/mol. The number of hydrogen-bond donors (Lipinski definition) is 1. The van der Waals surface area contributed by atoms with Gasteiger partial charge in [-0.05, 0) is 36.4 Å². The third-order valence-electron chi connectivity index (χ3n) is 3.81. The Morgan fingerprint density at radius 2 is 1.66 bits per heavy atom. The molecule has 10 heteroatoms. The number of benzene rings is 1. The summed E-state index contributed by atoms with van der Waals surface area (Å²) in [5.74, 6) is 0.226. The summed E-state index contributed by atoms with van der Waals surface area (Å²) in [5, 5.41) is 3.09. The van der Waals surface area contributed by atoms with Crippen molar-refractivity contribution in [3.63, 3.8) is 0 Å². The van der Waals surface area contributed by atoms with Crippen LogP contribution in [0.4, 0.5) is 25.1 Å². The lowest BCUT2D eigenvalue weighted by Gasteiger charge is -2.11. The van der Waals surface area contributed by atoms with Crippen molar-refractivity contribution < 1.29 is 17.6 Å². The molecular formula is C19H11ClF3N5O. The van der Waals surface area contributed by atoms with Gasteiger partial charge in [0.05, 0.1) is 12.0 Å². The molecule has 0 aliphatic carbocycles. The fourth-order valence-electron chi connectivity index (χ4n) is 2.50. The van der Waals surface area contributed by atoms with Crippen LogP contribution >= 0.6 is 11.6 Å². The molecule has 0 aliphatic heterocycles. The van der Waals surface area contributed by atoms with Crippen LogP contribution in [0.25, 0.3) is 22.7 Å². The van der Waals surface area contributed by atoms with Crippen molar-refractivity contribution in [1.82, 2.24) is 19.9 Å². The molecule has 0 amide bonds. The van der Waals surface area contributed by atoms with Gasteiger partial charge in [0.1, 0.15) is 5.69 Å². The number of furan rings is 1. The Bertz CT molecular complexity index is 1130. The third kappa shape index (κ3) is 4.35. The Kier molecular flexibility index (Phi) is 4.89. The van der Waals surface area contributed by atoms with Gasteiger partial charge in [-0.25, -0.2) is 19.9 Å². The van der Waals surface area contributed by atoms with E-state index >= 15 is 0 Å². The molecule has 146 valence electrons. The number of rotatable bonds is 4. The number of hydrogen-bond acceptors (Lipinski definition) is 6. The zero-order chi connectivity index (χ0) is 20.4. The van der Waals surface area contributed by atoms with Gasteiger partial charge >= 0.3 is 6.18 Å². The largest absolute Gasteiger partial charge is 0.463 e. The van der Waals surface area contributed by atoms with Crippen LogP contribution < -0.4 is 5.32 Å². The van der Waals surface area contributed by atoms with Crippen LogP contribution in [0.15, 0.2) is 65.4 Å². The topological polar surface area (TPSA) is 76.7 Å². The Morgan fingerprint density at radius 3 is 2.34 bits per heavy atom. The molecule has 3 aromatic heterocycles. The highest BCUT2D eigenvalue weighted by atomic mass is 35.5. The molecule has 0 radical (unpaired) electrons. The average molecular weight is 418 g/mol. The van der Waals surface area contributed by atoms with E-state index in [-0.39, 0.29) is 17.6 Å². The minimum absolute atomic E-state index is 0.0280. The van der Waals surface area contributed by atoms with E-state index in [2.05, 4.69) is 25.3 Å². The third-order valence-corrected chi connectivity index (χ3v) is 4.06. The SMILES string of the molecule is FC(F)(F)c1cc(-c2ccc(Cl)cc2)nc(Nc2nccc(-c3ccco3)n2)n1. The van der Waals surface area contributed by atoms with Crippen molar-refractivity contribution in [1.29, 1.82) is 0 Å². The molecule has 1 aromatic carbocycles. The Labute approximate surface area is 167 Å². The van der Waals surface area contributed by atoms with E-state index in [1.807, 2.05) is 0 Å². The van der Waals surface area contributed by atoms with Crippen molar-refractivity contribution in [2.24, 2.45) is 0 Å². The van der Waals surface area contributed by atoms with Crippen LogP contribution in [0.3, 0.4) is 0 Å². The number of nitrogens with zero attached hydrogens (tertiary/aromatic N) is 4. The van der Waals surface area contributed by atoms with Gasteiger partial charge in [-0.3, -0.25) is 5.32 Å². The molecule has 6 nitrogen and oxygen atoms in total. The van der Waals surface area contributed by atoms with Crippen LogP contribution in [0.2, 0.25) is 5.02 Å². The molecule has 29 heavy (non-hydrogen) atoms. The average Bonchev–Trinajstić information content (AvgIpc) is 3.23. The van der Waals surface area contributed by atoms with E-state index in [1.54, 1.807) is 42.5 Å². The molecule has 0 saturated carbocycles. The zero-order valence-corrected chi connectivity index (χ0v) is 15.2. The van der Waals surface area contributed by atoms with E-state index in [0.717, 1.165) is 6.07 Å². The minimum atomic E-state index is -4.66. The number of halogens is 4. The van der Waals surface area contributed by atoms with Gasteiger partial charge in [-0.1, -0.05) is 23.7 Å². The Balaban J connectivity index is 1.72. The van der Waals surface area contributed by atoms with Crippen molar-refractivity contribution in [2.75, 3.05) is 5.32 Å². The smallest absolute Gasteiger partial charge is 0.433 e. The van der Waals surface area contributed by atoms with Crippen LogP contribution in [-0.2, 0) is 6.18 Å². The first-order chi connectivity index (χ1) is 13.9. The standard InChI is InChI=1S/C19H11ClF3N5O/c20-12-5-3-11(4-6-12)14-10-16(19(21,22)23)27-18(26-14)28-17-24-8-7-13(25-17)15-2-1-9-29-15/h1-10H,(H,24,25,26,27,28). The first kappa shape index (κ1) is 18.9. The minimum Gasteiger partial charge on any atom is -0.463 e. The number of anilines is 2. The molecule has 0 unspecified atom stereocenters. The summed E-state index contributed by atoms with van der Waals surface area (Å²) in [6, 6.07) is 12.1. The van der Waals surface area contributed by atoms with E-state index in [9.17, 15) is 13.2 Å². The molecule has 0 fully saturated rings. The van der Waals surface area contributed by atoms with E-state index in [4.69, 9.17) is 16.0 Å². The molecule has 3 heterocycles. The number of nitrogens with one attached hydrogen (secondary N) is 1. The number of alkyl halides is 3. The lowest BCUT2D eigenvalue weighted by molar-refractivity contribution is -0.141. The van der Waals surface area contributed by atoms with Crippen LogP contribution in [-0.4, -0.2) is 19.9 Å². The zero-order valence-electron chi connectivity index (χ0n) is 14.5. The maximum absolute atomic E-state index is 13.3. The second-order valence-electron chi connectivity index (χ2n) is 5.83. The van der Waals surface area contributed by atoms with Crippen LogP contribution in [0.5, 0.6) is 0 Å². The Morgan fingerprint density at radius 1 is 0.897 bits per heavy atom. The van der Waals surface area contributed by atoms with Crippen molar-refractivity contribution in [2.45, 2.75) is 6.18 Å². The normalized spacial score (nSPS) is 11.4. The van der Waals surface area contributed by atoms with E-state index < -0.39 is 11.9 Å². The quantitative estimate of drug-likeness (QED) is 0.465. The molecule has 1 N–H and O–H groups in total. The Hall–Kier alpha value is -3.46. The van der Waals surface area contributed by atoms with Crippen LogP contribution in [0, 0.1) is 0 Å². The predicted octanol–water partition coefficient (Wildman–Crippen LogP) is 5.61. The van der Waals surface area contributed by atoms with Gasteiger partial charge in [-0.15, -0.1) is 0 Å².